The first-order valence-corrected chi connectivity index (χ1v) is 12.5. The van der Waals surface area contributed by atoms with Crippen LogP contribution in [-0.2, 0) is 14.8 Å². The second-order valence-corrected chi connectivity index (χ2v) is 10.0. The van der Waals surface area contributed by atoms with Gasteiger partial charge in [0, 0.05) is 15.7 Å². The molecule has 0 aromatic heterocycles. The van der Waals surface area contributed by atoms with Gasteiger partial charge >= 0.3 is 0 Å². The highest BCUT2D eigenvalue weighted by Gasteiger charge is 2.27. The number of anilines is 2. The van der Waals surface area contributed by atoms with Crippen molar-refractivity contribution in [3.63, 3.8) is 0 Å². The molecule has 0 saturated heterocycles. The number of nitrogens with one attached hydrogen (secondary N) is 1. The number of hydrogen-bond acceptors (Lipinski definition) is 3. The minimum atomic E-state index is -3.97. The molecule has 0 unspecified atom stereocenters. The predicted octanol–water partition coefficient (Wildman–Crippen LogP) is 5.95. The second kappa shape index (κ2) is 10.0. The molecule has 0 bridgehead atoms. The number of amides is 1. The Bertz CT molecular complexity index is 1360. The lowest BCUT2D eigenvalue weighted by Crippen LogP contribution is -2.38. The van der Waals surface area contributed by atoms with E-state index in [9.17, 15) is 13.2 Å². The van der Waals surface area contributed by atoms with Crippen molar-refractivity contribution in [3.05, 3.63) is 114 Å². The number of halogens is 1. The van der Waals surface area contributed by atoms with Crippen molar-refractivity contribution in [2.75, 3.05) is 16.2 Å². The van der Waals surface area contributed by atoms with Crippen LogP contribution < -0.4 is 9.62 Å². The number of carbonyl (C=O) groups is 1. The van der Waals surface area contributed by atoms with Crippen LogP contribution in [0.2, 0.25) is 0 Å². The zero-order valence-electron chi connectivity index (χ0n) is 17.6. The topological polar surface area (TPSA) is 66.5 Å². The summed E-state index contributed by atoms with van der Waals surface area (Å²) in [5, 5.41) is 2.89. The molecule has 33 heavy (non-hydrogen) atoms. The largest absolute Gasteiger partial charge is 0.324 e. The van der Waals surface area contributed by atoms with Gasteiger partial charge in [0.25, 0.3) is 10.0 Å². The highest BCUT2D eigenvalue weighted by Crippen LogP contribution is 2.29. The standard InChI is InChI=1S/C26H21BrN2O3S/c27-21-12-9-13-22(18-21)29(33(31,32)23-14-5-2-6-15-23)19-26(30)28-25-17-8-7-16-24(25)20-10-3-1-4-11-20/h1-18H,19H2,(H,28,30). The SMILES string of the molecule is O=C(CN(c1cccc(Br)c1)S(=O)(=O)c1ccccc1)Nc1ccccc1-c1ccccc1. The van der Waals surface area contributed by atoms with Gasteiger partial charge in [-0.05, 0) is 42.0 Å². The number of carbonyl (C=O) groups excluding carboxylic acids is 1. The summed E-state index contributed by atoms with van der Waals surface area (Å²) in [5.74, 6) is -0.446. The summed E-state index contributed by atoms with van der Waals surface area (Å²) in [6, 6.07) is 32.1. The number of sulfonamides is 1. The molecule has 0 heterocycles. The smallest absolute Gasteiger partial charge is 0.264 e. The molecule has 0 aliphatic rings. The molecule has 0 fully saturated rings. The van der Waals surface area contributed by atoms with E-state index >= 15 is 0 Å². The molecule has 0 aliphatic carbocycles. The van der Waals surface area contributed by atoms with Gasteiger partial charge in [0.05, 0.1) is 10.6 Å². The minimum absolute atomic E-state index is 0.113. The van der Waals surface area contributed by atoms with E-state index in [0.29, 0.717) is 15.8 Å². The molecule has 0 radical (unpaired) electrons. The van der Waals surface area contributed by atoms with Crippen LogP contribution in [-0.4, -0.2) is 20.9 Å². The molecular weight excluding hydrogens is 500 g/mol. The molecule has 0 spiro atoms. The first-order chi connectivity index (χ1) is 15.9. The van der Waals surface area contributed by atoms with Crippen molar-refractivity contribution in [2.45, 2.75) is 4.90 Å². The quantitative estimate of drug-likeness (QED) is 0.327. The van der Waals surface area contributed by atoms with Crippen LogP contribution in [0.5, 0.6) is 0 Å². The van der Waals surface area contributed by atoms with Gasteiger partial charge in [-0.2, -0.15) is 0 Å². The Balaban J connectivity index is 1.66. The maximum Gasteiger partial charge on any atom is 0.264 e. The van der Waals surface area contributed by atoms with E-state index in [4.69, 9.17) is 0 Å². The van der Waals surface area contributed by atoms with Gasteiger partial charge in [-0.1, -0.05) is 88.7 Å². The van der Waals surface area contributed by atoms with E-state index in [1.165, 1.54) is 12.1 Å². The van der Waals surface area contributed by atoms with Crippen LogP contribution in [0.25, 0.3) is 11.1 Å². The Labute approximate surface area is 201 Å². The summed E-state index contributed by atoms with van der Waals surface area (Å²) in [6.45, 7) is -0.378. The monoisotopic (exact) mass is 520 g/mol. The maximum absolute atomic E-state index is 13.5. The highest BCUT2D eigenvalue weighted by molar-refractivity contribution is 9.10. The summed E-state index contributed by atoms with van der Waals surface area (Å²) >= 11 is 3.39. The predicted molar refractivity (Wildman–Crippen MR) is 136 cm³/mol. The summed E-state index contributed by atoms with van der Waals surface area (Å²) in [4.78, 5) is 13.2. The normalized spacial score (nSPS) is 11.1. The maximum atomic E-state index is 13.5. The molecule has 1 N–H and O–H groups in total. The Morgan fingerprint density at radius 1 is 0.788 bits per heavy atom. The molecular formula is C26H21BrN2O3S. The summed E-state index contributed by atoms with van der Waals surface area (Å²) < 4.78 is 28.7. The molecule has 0 atom stereocenters. The van der Waals surface area contributed by atoms with Crippen molar-refractivity contribution in [1.82, 2.24) is 0 Å². The third kappa shape index (κ3) is 5.32. The Morgan fingerprint density at radius 3 is 2.12 bits per heavy atom. The molecule has 0 saturated carbocycles. The Morgan fingerprint density at radius 2 is 1.42 bits per heavy atom. The van der Waals surface area contributed by atoms with Gasteiger partial charge in [0.2, 0.25) is 5.91 Å². The van der Waals surface area contributed by atoms with E-state index in [1.54, 1.807) is 48.5 Å². The molecule has 4 aromatic carbocycles. The van der Waals surface area contributed by atoms with Gasteiger partial charge in [-0.25, -0.2) is 8.42 Å². The highest BCUT2D eigenvalue weighted by atomic mass is 79.9. The van der Waals surface area contributed by atoms with E-state index in [1.807, 2.05) is 48.5 Å². The van der Waals surface area contributed by atoms with Crippen LogP contribution in [0.3, 0.4) is 0 Å². The first-order valence-electron chi connectivity index (χ1n) is 10.2. The fourth-order valence-electron chi connectivity index (χ4n) is 3.45. The molecule has 166 valence electrons. The van der Waals surface area contributed by atoms with E-state index in [2.05, 4.69) is 21.2 Å². The fourth-order valence-corrected chi connectivity index (χ4v) is 5.27. The van der Waals surface area contributed by atoms with Crippen LogP contribution in [0, 0.1) is 0 Å². The Kier molecular flexibility index (Phi) is 6.91. The Hall–Kier alpha value is -3.42. The zero-order chi connectivity index (χ0) is 23.3. The van der Waals surface area contributed by atoms with Crippen molar-refractivity contribution in [1.29, 1.82) is 0 Å². The average molecular weight is 521 g/mol. The van der Waals surface area contributed by atoms with Gasteiger partial charge in [0.15, 0.2) is 0 Å². The van der Waals surface area contributed by atoms with Gasteiger partial charge in [-0.15, -0.1) is 0 Å². The van der Waals surface area contributed by atoms with Gasteiger partial charge in [-0.3, -0.25) is 9.10 Å². The van der Waals surface area contributed by atoms with E-state index in [-0.39, 0.29) is 11.4 Å². The molecule has 1 amide bonds. The summed E-state index contributed by atoms with van der Waals surface area (Å²) in [7, 11) is -3.97. The zero-order valence-corrected chi connectivity index (χ0v) is 20.0. The summed E-state index contributed by atoms with van der Waals surface area (Å²) in [6.07, 6.45) is 0. The van der Waals surface area contributed by atoms with Crippen molar-refractivity contribution in [2.24, 2.45) is 0 Å². The number of rotatable bonds is 7. The molecule has 0 aliphatic heterocycles. The second-order valence-electron chi connectivity index (χ2n) is 7.26. The number of benzene rings is 4. The third-order valence-corrected chi connectivity index (χ3v) is 7.28. The number of para-hydroxylation sites is 1. The van der Waals surface area contributed by atoms with Crippen molar-refractivity contribution < 1.29 is 13.2 Å². The molecule has 4 rings (SSSR count). The van der Waals surface area contributed by atoms with Crippen LogP contribution in [0.1, 0.15) is 0 Å². The molecule has 4 aromatic rings. The lowest BCUT2D eigenvalue weighted by atomic mass is 10.0. The van der Waals surface area contributed by atoms with Crippen LogP contribution in [0.15, 0.2) is 119 Å². The number of nitrogens with zero attached hydrogens (tertiary/aromatic N) is 1. The van der Waals surface area contributed by atoms with E-state index < -0.39 is 15.9 Å². The molecule has 5 nitrogen and oxygen atoms in total. The van der Waals surface area contributed by atoms with Crippen LogP contribution in [0.4, 0.5) is 11.4 Å². The fraction of sp³-hybridized carbons (Fsp3) is 0.0385. The third-order valence-electron chi connectivity index (χ3n) is 5.00. The van der Waals surface area contributed by atoms with Crippen LogP contribution >= 0.6 is 15.9 Å². The van der Waals surface area contributed by atoms with E-state index in [0.717, 1.165) is 15.4 Å². The minimum Gasteiger partial charge on any atom is -0.324 e. The van der Waals surface area contributed by atoms with Crippen molar-refractivity contribution >= 4 is 43.2 Å². The molecule has 7 heteroatoms. The number of hydrogen-bond donors (Lipinski definition) is 1. The first kappa shape index (κ1) is 22.8. The van der Waals surface area contributed by atoms with Gasteiger partial charge in [0.1, 0.15) is 6.54 Å². The van der Waals surface area contributed by atoms with Gasteiger partial charge < -0.3 is 5.32 Å². The average Bonchev–Trinajstić information content (AvgIpc) is 2.84. The van der Waals surface area contributed by atoms with Crippen molar-refractivity contribution in [3.8, 4) is 11.1 Å². The lowest BCUT2D eigenvalue weighted by Gasteiger charge is -2.24. The lowest BCUT2D eigenvalue weighted by molar-refractivity contribution is -0.114. The summed E-state index contributed by atoms with van der Waals surface area (Å²) in [5.41, 5.74) is 2.81.